The van der Waals surface area contributed by atoms with E-state index in [4.69, 9.17) is 9.47 Å². The number of hydrogen-bond acceptors (Lipinski definition) is 7. The van der Waals surface area contributed by atoms with Gasteiger partial charge < -0.3 is 19.9 Å². The first-order valence-electron chi connectivity index (χ1n) is 8.11. The van der Waals surface area contributed by atoms with E-state index >= 15 is 0 Å². The van der Waals surface area contributed by atoms with Gasteiger partial charge in [0.2, 0.25) is 0 Å². The maximum atomic E-state index is 12.3. The number of ether oxygens (including phenoxy) is 2. The number of pyridine rings is 1. The third-order valence-electron chi connectivity index (χ3n) is 4.02. The van der Waals surface area contributed by atoms with E-state index in [9.17, 15) is 14.7 Å². The minimum Gasteiger partial charge on any atom is -0.503 e. The maximum absolute atomic E-state index is 12.3. The highest BCUT2D eigenvalue weighted by Gasteiger charge is 2.25. The zero-order chi connectivity index (χ0) is 19.3. The van der Waals surface area contributed by atoms with Crippen LogP contribution in [0.25, 0.3) is 0 Å². The number of carbonyl (C=O) groups excluding carboxylic acids is 2. The third-order valence-corrected chi connectivity index (χ3v) is 5.09. The fourth-order valence-corrected chi connectivity index (χ4v) is 3.14. The maximum Gasteiger partial charge on any atom is 0.328 e. The number of thiophene rings is 1. The van der Waals surface area contributed by atoms with E-state index in [1.165, 1.54) is 26.3 Å². The third kappa shape index (κ3) is 4.51. The lowest BCUT2D eigenvalue weighted by Crippen LogP contribution is -2.41. The van der Waals surface area contributed by atoms with Crippen molar-refractivity contribution in [3.05, 3.63) is 40.3 Å². The van der Waals surface area contributed by atoms with Crippen molar-refractivity contribution in [2.75, 3.05) is 7.11 Å². The summed E-state index contributed by atoms with van der Waals surface area (Å²) in [6.07, 6.45) is 0.991. The summed E-state index contributed by atoms with van der Waals surface area (Å²) in [5.41, 5.74) is -0.219. The Labute approximate surface area is 156 Å². The molecule has 2 rings (SSSR count). The molecule has 0 aliphatic heterocycles. The average molecular weight is 378 g/mol. The highest BCUT2D eigenvalue weighted by Crippen LogP contribution is 2.28. The highest BCUT2D eigenvalue weighted by molar-refractivity contribution is 7.10. The molecule has 2 N–H and O–H groups in total. The number of nitrogens with one attached hydrogen (secondary N) is 1. The summed E-state index contributed by atoms with van der Waals surface area (Å²) in [6.45, 7) is 5.30. The number of nitrogens with zero attached hydrogens (tertiary/aromatic N) is 1. The normalized spacial score (nSPS) is 14.2. The van der Waals surface area contributed by atoms with Crippen molar-refractivity contribution in [2.45, 2.75) is 38.8 Å². The van der Waals surface area contributed by atoms with Gasteiger partial charge in [0.05, 0.1) is 7.11 Å². The summed E-state index contributed by atoms with van der Waals surface area (Å²) >= 11 is 1.60. The number of rotatable bonds is 7. The van der Waals surface area contributed by atoms with Crippen LogP contribution in [0, 0.1) is 0 Å². The van der Waals surface area contributed by atoms with Crippen LogP contribution in [0.4, 0.5) is 0 Å². The summed E-state index contributed by atoms with van der Waals surface area (Å²) in [7, 11) is 1.37. The quantitative estimate of drug-likeness (QED) is 0.719. The molecule has 2 unspecified atom stereocenters. The number of methoxy groups -OCH3 is 1. The van der Waals surface area contributed by atoms with Gasteiger partial charge in [0.1, 0.15) is 12.1 Å². The minimum absolute atomic E-state index is 0.0472. The number of hydrogen-bond donors (Lipinski definition) is 2. The zero-order valence-corrected chi connectivity index (χ0v) is 15.9. The Morgan fingerprint density at radius 1 is 1.27 bits per heavy atom. The number of aromatic nitrogens is 1. The van der Waals surface area contributed by atoms with Crippen LogP contribution in [0.15, 0.2) is 29.8 Å². The molecule has 0 radical (unpaired) electrons. The van der Waals surface area contributed by atoms with Crippen molar-refractivity contribution in [1.29, 1.82) is 0 Å². The van der Waals surface area contributed by atoms with Gasteiger partial charge in [0, 0.05) is 23.1 Å². The molecule has 0 bridgehead atoms. The molecule has 2 aromatic rings. The zero-order valence-electron chi connectivity index (χ0n) is 15.1. The molecule has 0 aromatic carbocycles. The molecule has 3 atom stereocenters. The van der Waals surface area contributed by atoms with E-state index < -0.39 is 17.9 Å². The van der Waals surface area contributed by atoms with Crippen molar-refractivity contribution < 1.29 is 24.2 Å². The molecule has 140 valence electrons. The monoisotopic (exact) mass is 378 g/mol. The first-order chi connectivity index (χ1) is 12.3. The smallest absolute Gasteiger partial charge is 0.328 e. The summed E-state index contributed by atoms with van der Waals surface area (Å²) in [5.74, 6) is -1.46. The SMILES string of the molecule is COc1ccnc(C(=O)N[C@@H](C)C(=O)OC(C)C(C)c2cccs2)c1O. The van der Waals surface area contributed by atoms with Gasteiger partial charge in [0.25, 0.3) is 5.91 Å². The standard InChI is InChI=1S/C18H22N2O5S/c1-10(14-6-5-9-26-14)12(3)25-18(23)11(2)20-17(22)15-16(21)13(24-4)7-8-19-15/h5-12,21H,1-4H3,(H,20,22)/t10?,11-,12?/m0/s1. The van der Waals surface area contributed by atoms with Crippen LogP contribution in [-0.2, 0) is 9.53 Å². The molecule has 2 heterocycles. The number of aromatic hydroxyl groups is 1. The first-order valence-corrected chi connectivity index (χ1v) is 8.99. The van der Waals surface area contributed by atoms with Crippen LogP contribution in [0.5, 0.6) is 11.5 Å². The van der Waals surface area contributed by atoms with Gasteiger partial charge in [0.15, 0.2) is 17.2 Å². The van der Waals surface area contributed by atoms with Crippen molar-refractivity contribution in [3.8, 4) is 11.5 Å². The molecule has 0 saturated heterocycles. The van der Waals surface area contributed by atoms with E-state index in [2.05, 4.69) is 10.3 Å². The fourth-order valence-electron chi connectivity index (χ4n) is 2.26. The number of amides is 1. The van der Waals surface area contributed by atoms with E-state index in [1.807, 2.05) is 31.4 Å². The van der Waals surface area contributed by atoms with E-state index in [1.54, 1.807) is 11.3 Å². The molecule has 1 amide bonds. The van der Waals surface area contributed by atoms with Crippen molar-refractivity contribution in [1.82, 2.24) is 10.3 Å². The van der Waals surface area contributed by atoms with Crippen molar-refractivity contribution in [3.63, 3.8) is 0 Å². The Balaban J connectivity index is 1.97. The van der Waals surface area contributed by atoms with Crippen LogP contribution < -0.4 is 10.1 Å². The average Bonchev–Trinajstić information content (AvgIpc) is 3.15. The number of carbonyl (C=O) groups is 2. The van der Waals surface area contributed by atoms with Crippen molar-refractivity contribution in [2.24, 2.45) is 0 Å². The van der Waals surface area contributed by atoms with Crippen molar-refractivity contribution >= 4 is 23.2 Å². The predicted molar refractivity (Wildman–Crippen MR) is 97.7 cm³/mol. The molecule has 0 spiro atoms. The number of esters is 1. The molecular formula is C18H22N2O5S. The fraction of sp³-hybridized carbons (Fsp3) is 0.389. The lowest BCUT2D eigenvalue weighted by atomic mass is 10.0. The van der Waals surface area contributed by atoms with Crippen LogP contribution in [0.3, 0.4) is 0 Å². The lowest BCUT2D eigenvalue weighted by molar-refractivity contribution is -0.150. The van der Waals surface area contributed by atoms with E-state index in [0.717, 1.165) is 4.88 Å². The molecule has 0 fully saturated rings. The largest absolute Gasteiger partial charge is 0.503 e. The van der Waals surface area contributed by atoms with Gasteiger partial charge in [-0.05, 0) is 25.3 Å². The Kier molecular flexibility index (Phi) is 6.57. The molecule has 2 aromatic heterocycles. The summed E-state index contributed by atoms with van der Waals surface area (Å²) in [5, 5.41) is 14.4. The molecule has 0 saturated carbocycles. The first kappa shape index (κ1) is 19.7. The van der Waals surface area contributed by atoms with E-state index in [-0.39, 0.29) is 29.2 Å². The predicted octanol–water partition coefficient (Wildman–Crippen LogP) is 2.71. The molecule has 7 nitrogen and oxygen atoms in total. The highest BCUT2D eigenvalue weighted by atomic mass is 32.1. The van der Waals surface area contributed by atoms with Gasteiger partial charge in [-0.2, -0.15) is 0 Å². The molecule has 8 heteroatoms. The second kappa shape index (κ2) is 8.66. The summed E-state index contributed by atoms with van der Waals surface area (Å²) < 4.78 is 10.4. The van der Waals surface area contributed by atoms with Crippen LogP contribution >= 0.6 is 11.3 Å². The molecule has 0 aliphatic rings. The lowest BCUT2D eigenvalue weighted by Gasteiger charge is -2.22. The van der Waals surface area contributed by atoms with Crippen LogP contribution in [0.2, 0.25) is 0 Å². The Morgan fingerprint density at radius 2 is 2.00 bits per heavy atom. The summed E-state index contributed by atoms with van der Waals surface area (Å²) in [4.78, 5) is 29.5. The molecule has 26 heavy (non-hydrogen) atoms. The topological polar surface area (TPSA) is 97.8 Å². The Morgan fingerprint density at radius 3 is 2.62 bits per heavy atom. The van der Waals surface area contributed by atoms with E-state index in [0.29, 0.717) is 0 Å². The summed E-state index contributed by atoms with van der Waals surface area (Å²) in [6, 6.07) is 4.47. The Bertz CT molecular complexity index is 763. The second-order valence-electron chi connectivity index (χ2n) is 5.85. The molecular weight excluding hydrogens is 356 g/mol. The van der Waals surface area contributed by atoms with Gasteiger partial charge in [-0.15, -0.1) is 11.3 Å². The van der Waals surface area contributed by atoms with Gasteiger partial charge in [-0.25, -0.2) is 9.78 Å². The van der Waals surface area contributed by atoms with Crippen LogP contribution in [-0.4, -0.2) is 41.2 Å². The Hall–Kier alpha value is -2.61. The van der Waals surface area contributed by atoms with Gasteiger partial charge >= 0.3 is 5.97 Å². The minimum atomic E-state index is -0.895. The van der Waals surface area contributed by atoms with Gasteiger partial charge in [-0.1, -0.05) is 13.0 Å². The van der Waals surface area contributed by atoms with Gasteiger partial charge in [-0.3, -0.25) is 4.79 Å². The van der Waals surface area contributed by atoms with Crippen LogP contribution in [0.1, 0.15) is 42.1 Å². The molecule has 0 aliphatic carbocycles. The second-order valence-corrected chi connectivity index (χ2v) is 6.83.